The van der Waals surface area contributed by atoms with E-state index in [-0.39, 0.29) is 57.3 Å². The van der Waals surface area contributed by atoms with Gasteiger partial charge in [0.05, 0.1) is 23.0 Å². The third-order valence-corrected chi connectivity index (χ3v) is 12.4. The summed E-state index contributed by atoms with van der Waals surface area (Å²) < 4.78 is 68.8. The van der Waals surface area contributed by atoms with Crippen molar-refractivity contribution in [1.29, 1.82) is 0 Å². The minimum absolute atomic E-state index is 0.0264. The predicted octanol–water partition coefficient (Wildman–Crippen LogP) is 7.40. The average molecular weight is 697 g/mol. The Labute approximate surface area is 294 Å². The monoisotopic (exact) mass is 696 g/mol. The second-order valence-corrected chi connectivity index (χ2v) is 15.4. The molecular weight excluding hydrogens is 656 g/mol. The summed E-state index contributed by atoms with van der Waals surface area (Å²) in [6, 6.07) is 7.19. The van der Waals surface area contributed by atoms with Gasteiger partial charge in [-0.15, -0.1) is 6.42 Å². The van der Waals surface area contributed by atoms with Gasteiger partial charge in [-0.05, 0) is 98.2 Å². The van der Waals surface area contributed by atoms with Crippen LogP contribution in [0.5, 0.6) is 6.01 Å². The van der Waals surface area contributed by atoms with Crippen LogP contribution < -0.4 is 20.7 Å². The molecule has 0 radical (unpaired) electrons. The van der Waals surface area contributed by atoms with E-state index in [0.29, 0.717) is 49.5 Å². The zero-order valence-corrected chi connectivity index (χ0v) is 28.4. The first-order chi connectivity index (χ1) is 24.7. The second-order valence-electron chi connectivity index (χ2n) is 15.4. The van der Waals surface area contributed by atoms with Crippen molar-refractivity contribution in [2.45, 2.75) is 74.9 Å². The van der Waals surface area contributed by atoms with Gasteiger partial charge in [-0.1, -0.05) is 24.8 Å². The Morgan fingerprint density at radius 3 is 2.71 bits per heavy atom. The lowest BCUT2D eigenvalue weighted by molar-refractivity contribution is 0.108. The third kappa shape index (κ3) is 5.16. The molecule has 3 N–H and O–H groups in total. The van der Waals surface area contributed by atoms with Crippen molar-refractivity contribution in [2.24, 2.45) is 5.92 Å². The first kappa shape index (κ1) is 32.5. The van der Waals surface area contributed by atoms with Crippen LogP contribution >= 0.6 is 0 Å². The summed E-state index contributed by atoms with van der Waals surface area (Å²) in [6.45, 7) is 2.85. The summed E-state index contributed by atoms with van der Waals surface area (Å²) in [4.78, 5) is 13.9. The summed E-state index contributed by atoms with van der Waals surface area (Å²) in [6.07, 6.45) is 15.5. The first-order valence-electron chi connectivity index (χ1n) is 18.1. The van der Waals surface area contributed by atoms with Crippen LogP contribution in [-0.4, -0.2) is 64.8 Å². The minimum Gasteiger partial charge on any atom is -0.461 e. The number of hydrogen-bond acceptors (Lipinski definition) is 7. The van der Waals surface area contributed by atoms with E-state index in [1.165, 1.54) is 37.1 Å². The lowest BCUT2D eigenvalue weighted by Gasteiger charge is -2.45. The molecule has 51 heavy (non-hydrogen) atoms. The van der Waals surface area contributed by atoms with Crippen molar-refractivity contribution in [1.82, 2.24) is 20.2 Å². The highest BCUT2D eigenvalue weighted by molar-refractivity contribution is 6.05. The van der Waals surface area contributed by atoms with Crippen LogP contribution in [0.25, 0.3) is 32.8 Å². The number of rotatable bonds is 6. The van der Waals surface area contributed by atoms with Crippen molar-refractivity contribution in [3.8, 4) is 29.5 Å². The van der Waals surface area contributed by atoms with Gasteiger partial charge in [0.1, 0.15) is 29.6 Å². The van der Waals surface area contributed by atoms with Gasteiger partial charge in [-0.25, -0.2) is 17.6 Å². The first-order valence-corrected chi connectivity index (χ1v) is 18.1. The number of nitrogen functional groups attached to an aromatic ring is 1. The fourth-order valence-electron chi connectivity index (χ4n) is 10.2. The highest BCUT2D eigenvalue weighted by Gasteiger charge is 2.51. The molecule has 5 heterocycles. The molecule has 3 aromatic carbocycles. The molecule has 0 spiro atoms. The van der Waals surface area contributed by atoms with E-state index in [0.717, 1.165) is 50.6 Å². The lowest BCUT2D eigenvalue weighted by Crippen LogP contribution is -2.62. The molecule has 4 saturated heterocycles. The summed E-state index contributed by atoms with van der Waals surface area (Å²) in [5.41, 5.74) is 6.08. The number of nitrogens with zero attached hydrogens (tertiary/aromatic N) is 4. The number of terminal acetylenes is 1. The number of anilines is 2. The molecule has 4 aliphatic heterocycles. The highest BCUT2D eigenvalue weighted by atomic mass is 19.1. The van der Waals surface area contributed by atoms with E-state index >= 15 is 13.2 Å². The summed E-state index contributed by atoms with van der Waals surface area (Å²) >= 11 is 0. The Morgan fingerprint density at radius 1 is 1.06 bits per heavy atom. The number of halogens is 4. The molecule has 1 aliphatic carbocycles. The van der Waals surface area contributed by atoms with Crippen molar-refractivity contribution in [3.05, 3.63) is 65.2 Å². The standard InChI is InChI=1S/C40H40F4N6O/c1-2-28-31(42)9-8-24-14-26(45)15-29(33(24)28)34-32(43)16-30-36(35(34)44)46-38(51-22-39-11-5-13-50(39)19-23(17-39)18-41)47-37(30)49-20-27-10-12-40(21-49,48-27)25-6-3-4-7-25/h1,8-9,14-16,18,25,27,48H,3-7,10-13,17,19-22,45H2/b23-18-/t27-,39-,40+/m0/s1. The number of piperazine rings is 1. The average Bonchev–Trinajstić information content (AvgIpc) is 3.92. The van der Waals surface area contributed by atoms with E-state index < -0.39 is 28.6 Å². The van der Waals surface area contributed by atoms with Gasteiger partial charge in [0.15, 0.2) is 5.82 Å². The molecule has 4 aromatic rings. The number of hydrogen-bond donors (Lipinski definition) is 2. The molecule has 2 bridgehead atoms. The number of fused-ring (bicyclic) bond motifs is 5. The molecule has 9 rings (SSSR count). The number of ether oxygens (including phenoxy) is 1. The van der Waals surface area contributed by atoms with Gasteiger partial charge in [-0.3, -0.25) is 4.90 Å². The SMILES string of the molecule is C#Cc1c(F)ccc2cc(N)cc(-c3c(F)cc4c(N5C[C@@H]6CC[C@](C7CCCC7)(C5)N6)nc(OC[C@@]56CCCN5C/C(=C\F)C6)nc4c3F)c12. The molecular formula is C40H40F4N6O. The normalized spacial score (nSPS) is 27.2. The Bertz CT molecular complexity index is 2160. The van der Waals surface area contributed by atoms with Crippen LogP contribution in [0.4, 0.5) is 29.1 Å². The molecule has 1 saturated carbocycles. The largest absolute Gasteiger partial charge is 0.461 e. The highest BCUT2D eigenvalue weighted by Crippen LogP contribution is 2.47. The molecule has 0 amide bonds. The van der Waals surface area contributed by atoms with Crippen molar-refractivity contribution in [3.63, 3.8) is 0 Å². The topological polar surface area (TPSA) is 79.5 Å². The molecule has 0 unspecified atom stereocenters. The van der Waals surface area contributed by atoms with Gasteiger partial charge in [-0.2, -0.15) is 9.97 Å². The van der Waals surface area contributed by atoms with Crippen LogP contribution in [-0.2, 0) is 0 Å². The third-order valence-electron chi connectivity index (χ3n) is 12.4. The maximum absolute atomic E-state index is 17.2. The van der Waals surface area contributed by atoms with E-state index in [9.17, 15) is 4.39 Å². The van der Waals surface area contributed by atoms with Crippen molar-refractivity contribution >= 4 is 33.2 Å². The van der Waals surface area contributed by atoms with Gasteiger partial charge in [0, 0.05) is 47.7 Å². The molecule has 5 aliphatic rings. The predicted molar refractivity (Wildman–Crippen MR) is 191 cm³/mol. The lowest BCUT2D eigenvalue weighted by atomic mass is 9.80. The van der Waals surface area contributed by atoms with E-state index in [1.54, 1.807) is 6.07 Å². The Morgan fingerprint density at radius 2 is 1.90 bits per heavy atom. The summed E-state index contributed by atoms with van der Waals surface area (Å²) in [5, 5.41) is 4.80. The van der Waals surface area contributed by atoms with Crippen LogP contribution in [0.1, 0.15) is 63.4 Å². The number of aromatic nitrogens is 2. The molecule has 5 fully saturated rings. The molecule has 7 nitrogen and oxygen atoms in total. The van der Waals surface area contributed by atoms with E-state index in [1.807, 2.05) is 0 Å². The number of nitrogens with two attached hydrogens (primary N) is 1. The maximum Gasteiger partial charge on any atom is 0.319 e. The summed E-state index contributed by atoms with van der Waals surface area (Å²) in [7, 11) is 0. The van der Waals surface area contributed by atoms with Crippen LogP contribution in [0, 0.1) is 35.7 Å². The Balaban J connectivity index is 1.21. The zero-order chi connectivity index (χ0) is 35.1. The summed E-state index contributed by atoms with van der Waals surface area (Å²) in [5.74, 6) is 0.816. The van der Waals surface area contributed by atoms with Crippen LogP contribution in [0.3, 0.4) is 0 Å². The Kier molecular flexibility index (Phi) is 7.71. The number of benzene rings is 3. The van der Waals surface area contributed by atoms with Crippen LogP contribution in [0.15, 0.2) is 42.2 Å². The minimum atomic E-state index is -0.939. The van der Waals surface area contributed by atoms with Gasteiger partial charge < -0.3 is 20.7 Å². The molecule has 3 atom stereocenters. The van der Waals surface area contributed by atoms with Crippen molar-refractivity contribution < 1.29 is 22.3 Å². The maximum atomic E-state index is 17.2. The fraction of sp³-hybridized carbons (Fsp3) is 0.450. The van der Waals surface area contributed by atoms with E-state index in [4.69, 9.17) is 21.9 Å². The fourth-order valence-corrected chi connectivity index (χ4v) is 10.2. The van der Waals surface area contributed by atoms with Crippen LogP contribution in [0.2, 0.25) is 0 Å². The smallest absolute Gasteiger partial charge is 0.319 e. The van der Waals surface area contributed by atoms with Gasteiger partial charge >= 0.3 is 6.01 Å². The molecule has 264 valence electrons. The zero-order valence-electron chi connectivity index (χ0n) is 28.4. The van der Waals surface area contributed by atoms with Gasteiger partial charge in [0.25, 0.3) is 0 Å². The quantitative estimate of drug-likeness (QED) is 0.124. The molecule has 11 heteroatoms. The van der Waals surface area contributed by atoms with Gasteiger partial charge in [0.2, 0.25) is 0 Å². The second kappa shape index (κ2) is 12.1. The van der Waals surface area contributed by atoms with Crippen molar-refractivity contribution in [2.75, 3.05) is 43.4 Å². The molecule has 1 aromatic heterocycles. The Hall–Kier alpha value is -4.40. The van der Waals surface area contributed by atoms with E-state index in [2.05, 4.69) is 26.0 Å². The number of nitrogens with one attached hydrogen (secondary N) is 1.